The van der Waals surface area contributed by atoms with Crippen molar-refractivity contribution < 1.29 is 4.74 Å². The summed E-state index contributed by atoms with van der Waals surface area (Å²) in [5.74, 6) is 1.40. The van der Waals surface area contributed by atoms with Gasteiger partial charge in [-0.2, -0.15) is 0 Å². The largest absolute Gasteiger partial charge is 0.492 e. The number of aromatic nitrogens is 1. The number of para-hydroxylation sites is 2. The van der Waals surface area contributed by atoms with Crippen molar-refractivity contribution in [2.24, 2.45) is 16.6 Å². The van der Waals surface area contributed by atoms with Crippen LogP contribution in [0.2, 0.25) is 0 Å². The van der Waals surface area contributed by atoms with E-state index in [1.54, 1.807) is 0 Å². The lowest BCUT2D eigenvalue weighted by Crippen LogP contribution is -2.26. The van der Waals surface area contributed by atoms with Gasteiger partial charge in [0.1, 0.15) is 5.75 Å². The molecule has 366 valence electrons. The number of fused-ring (bicyclic) bond motifs is 6. The second-order valence-electron chi connectivity index (χ2n) is 20.2. The molecule has 4 nitrogen and oxygen atoms in total. The third-order valence-corrected chi connectivity index (χ3v) is 15.8. The van der Waals surface area contributed by atoms with E-state index in [9.17, 15) is 0 Å². The van der Waals surface area contributed by atoms with Crippen molar-refractivity contribution in [3.63, 3.8) is 0 Å². The minimum absolute atomic E-state index is 0.145. The molecule has 0 bridgehead atoms. The second-order valence-corrected chi connectivity index (χ2v) is 20.2. The Hall–Kier alpha value is -9.25. The minimum atomic E-state index is -0.145. The SMILES string of the molecule is CC(N=C(/C=C(\N)c1ccc(-c2ccccc2)cc1)c1ccc(-c2ccccc2)cc1)c1ccc(-n2c3c(c4ccccc42)C=C(c2ccccc2-c2ccccc2C2C=CC=C4c5ccccc5OCC42)CC3)cc1. The first-order chi connectivity index (χ1) is 37.5. The molecule has 2 N–H and O–H groups in total. The predicted molar refractivity (Wildman–Crippen MR) is 318 cm³/mol. The highest BCUT2D eigenvalue weighted by atomic mass is 16.5. The van der Waals surface area contributed by atoms with Crippen LogP contribution < -0.4 is 10.5 Å². The van der Waals surface area contributed by atoms with Crippen LogP contribution >= 0.6 is 0 Å². The number of aliphatic imine (C=N–C) groups is 1. The summed E-state index contributed by atoms with van der Waals surface area (Å²) >= 11 is 0. The molecule has 0 amide bonds. The van der Waals surface area contributed by atoms with E-state index in [1.165, 1.54) is 72.3 Å². The molecule has 3 aliphatic rings. The molecule has 10 aromatic rings. The fraction of sp³-hybridized carbons (Fsp3) is 0.0972. The third-order valence-electron chi connectivity index (χ3n) is 15.8. The summed E-state index contributed by atoms with van der Waals surface area (Å²) in [6.07, 6.45) is 13.3. The Bertz CT molecular complexity index is 3930. The molecule has 0 spiro atoms. The molecule has 2 aliphatic carbocycles. The lowest BCUT2D eigenvalue weighted by Gasteiger charge is -2.35. The monoisotopic (exact) mass is 979 g/mol. The summed E-state index contributed by atoms with van der Waals surface area (Å²) in [7, 11) is 0. The molecular weight excluding hydrogens is 923 g/mol. The number of nitrogens with zero attached hydrogens (tertiary/aromatic N) is 2. The van der Waals surface area contributed by atoms with E-state index < -0.39 is 0 Å². The lowest BCUT2D eigenvalue weighted by atomic mass is 9.73. The molecule has 4 heteroatoms. The van der Waals surface area contributed by atoms with Gasteiger partial charge in [0.2, 0.25) is 0 Å². The van der Waals surface area contributed by atoms with Gasteiger partial charge in [-0.3, -0.25) is 4.99 Å². The maximum atomic E-state index is 6.94. The van der Waals surface area contributed by atoms with Crippen molar-refractivity contribution in [3.8, 4) is 44.8 Å². The second kappa shape index (κ2) is 20.2. The fourth-order valence-corrected chi connectivity index (χ4v) is 11.9. The molecular formula is C72H57N3O. The molecule has 1 aliphatic heterocycles. The van der Waals surface area contributed by atoms with Gasteiger partial charge < -0.3 is 15.0 Å². The molecule has 13 rings (SSSR count). The van der Waals surface area contributed by atoms with E-state index in [0.717, 1.165) is 57.8 Å². The molecule has 0 fully saturated rings. The van der Waals surface area contributed by atoms with Crippen molar-refractivity contribution in [2.75, 3.05) is 6.61 Å². The Morgan fingerprint density at radius 1 is 0.579 bits per heavy atom. The van der Waals surface area contributed by atoms with Gasteiger partial charge in [0.25, 0.3) is 0 Å². The Morgan fingerprint density at radius 2 is 1.17 bits per heavy atom. The zero-order valence-corrected chi connectivity index (χ0v) is 42.6. The Balaban J connectivity index is 0.815. The Morgan fingerprint density at radius 3 is 1.89 bits per heavy atom. The van der Waals surface area contributed by atoms with Gasteiger partial charge in [-0.15, -0.1) is 0 Å². The summed E-state index contributed by atoms with van der Waals surface area (Å²) in [5.41, 5.74) is 30.3. The quantitative estimate of drug-likeness (QED) is 0.131. The Labute approximate surface area is 445 Å². The van der Waals surface area contributed by atoms with Crippen molar-refractivity contribution in [3.05, 3.63) is 299 Å². The highest BCUT2D eigenvalue weighted by Gasteiger charge is 2.34. The van der Waals surface area contributed by atoms with Crippen molar-refractivity contribution in [1.29, 1.82) is 0 Å². The maximum absolute atomic E-state index is 6.94. The number of benzene rings is 9. The van der Waals surface area contributed by atoms with Gasteiger partial charge in [-0.05, 0) is 129 Å². The van der Waals surface area contributed by atoms with E-state index in [-0.39, 0.29) is 17.9 Å². The Kier molecular flexibility index (Phi) is 12.4. The fourth-order valence-electron chi connectivity index (χ4n) is 11.9. The molecule has 76 heavy (non-hydrogen) atoms. The van der Waals surface area contributed by atoms with E-state index in [2.05, 4.69) is 254 Å². The van der Waals surface area contributed by atoms with Crippen LogP contribution in [0.15, 0.2) is 260 Å². The molecule has 1 aromatic heterocycles. The van der Waals surface area contributed by atoms with Gasteiger partial charge >= 0.3 is 0 Å². The standard InChI is InChI=1S/C72H57N3O/c1-48(74-69(55-37-33-53(34-38-55)51-19-6-3-7-20-51)46-68(73)54-35-31-52(32-36-54)50-17-4-2-5-18-50)49-39-42-57(43-40-49)75-70-29-14-12-25-64(70)66-45-56(41-44-71(66)75)58-21-8-9-22-59(58)60-23-10-11-24-61(60)62-27-16-28-63-65-26-13-15-30-72(65)76-47-67(62)63/h2-40,42-43,45-46,48,62,67H,41,44,47,73H2,1H3/b68-46-,74-69?. The number of allylic oxidation sites excluding steroid dienone is 5. The zero-order valence-electron chi connectivity index (χ0n) is 42.6. The number of nitrogens with two attached hydrogens (primary N) is 1. The lowest BCUT2D eigenvalue weighted by molar-refractivity contribution is 0.256. The van der Waals surface area contributed by atoms with Crippen LogP contribution in [0.3, 0.4) is 0 Å². The van der Waals surface area contributed by atoms with E-state index in [1.807, 2.05) is 18.2 Å². The van der Waals surface area contributed by atoms with Crippen LogP contribution in [0.25, 0.3) is 72.9 Å². The third kappa shape index (κ3) is 8.82. The molecule has 3 unspecified atom stereocenters. The summed E-state index contributed by atoms with van der Waals surface area (Å²) in [6, 6.07) is 82.3. The maximum Gasteiger partial charge on any atom is 0.126 e. The molecule has 2 heterocycles. The normalized spacial score (nSPS) is 16.4. The highest BCUT2D eigenvalue weighted by Crippen LogP contribution is 2.49. The van der Waals surface area contributed by atoms with Crippen LogP contribution in [-0.2, 0) is 6.42 Å². The predicted octanol–water partition coefficient (Wildman–Crippen LogP) is 17.4. The smallest absolute Gasteiger partial charge is 0.126 e. The molecule has 0 saturated heterocycles. The molecule has 0 radical (unpaired) electrons. The van der Waals surface area contributed by atoms with Crippen molar-refractivity contribution in [1.82, 2.24) is 4.57 Å². The average Bonchev–Trinajstić information content (AvgIpc) is 3.83. The molecule has 0 saturated carbocycles. The van der Waals surface area contributed by atoms with Gasteiger partial charge in [-0.25, -0.2) is 0 Å². The van der Waals surface area contributed by atoms with Gasteiger partial charge in [0.15, 0.2) is 0 Å². The van der Waals surface area contributed by atoms with Crippen LogP contribution in [0.5, 0.6) is 5.75 Å². The van der Waals surface area contributed by atoms with E-state index in [4.69, 9.17) is 15.5 Å². The van der Waals surface area contributed by atoms with Crippen LogP contribution in [0.4, 0.5) is 0 Å². The van der Waals surface area contributed by atoms with Crippen LogP contribution in [0.1, 0.15) is 69.9 Å². The van der Waals surface area contributed by atoms with Crippen molar-refractivity contribution in [2.45, 2.75) is 31.7 Å². The van der Waals surface area contributed by atoms with Crippen LogP contribution in [0, 0.1) is 5.92 Å². The number of ether oxygens (including phenoxy) is 1. The first-order valence-corrected chi connectivity index (χ1v) is 26.6. The van der Waals surface area contributed by atoms with E-state index >= 15 is 0 Å². The van der Waals surface area contributed by atoms with Gasteiger partial charge in [0, 0.05) is 45.4 Å². The molecule has 9 aromatic carbocycles. The summed E-state index contributed by atoms with van der Waals surface area (Å²) < 4.78 is 8.89. The molecule has 3 atom stereocenters. The first-order valence-electron chi connectivity index (χ1n) is 26.6. The topological polar surface area (TPSA) is 52.5 Å². The first kappa shape index (κ1) is 46.5. The number of hydrogen-bond acceptors (Lipinski definition) is 3. The summed E-state index contributed by atoms with van der Waals surface area (Å²) in [4.78, 5) is 5.42. The summed E-state index contributed by atoms with van der Waals surface area (Å²) in [5, 5.41) is 1.26. The number of rotatable bonds is 11. The van der Waals surface area contributed by atoms with Crippen molar-refractivity contribution >= 4 is 39.5 Å². The van der Waals surface area contributed by atoms with Gasteiger partial charge in [-0.1, -0.05) is 224 Å². The number of hydrogen-bond donors (Lipinski definition) is 1. The minimum Gasteiger partial charge on any atom is -0.492 e. The van der Waals surface area contributed by atoms with Crippen LogP contribution in [-0.4, -0.2) is 16.9 Å². The summed E-state index contributed by atoms with van der Waals surface area (Å²) in [6.45, 7) is 2.83. The van der Waals surface area contributed by atoms with Gasteiger partial charge in [0.05, 0.1) is 23.9 Å². The van der Waals surface area contributed by atoms with E-state index in [0.29, 0.717) is 12.3 Å². The highest BCUT2D eigenvalue weighted by molar-refractivity contribution is 6.12. The zero-order chi connectivity index (χ0) is 51.0. The average molecular weight is 980 g/mol.